The fourth-order valence-electron chi connectivity index (χ4n) is 2.69. The largest absolute Gasteiger partial charge is 0.497 e. The Labute approximate surface area is 168 Å². The lowest BCUT2D eigenvalue weighted by atomic mass is 10.1. The van der Waals surface area contributed by atoms with E-state index in [2.05, 4.69) is 15.6 Å². The van der Waals surface area contributed by atoms with Crippen molar-refractivity contribution < 1.29 is 19.1 Å². The molecule has 0 aliphatic heterocycles. The van der Waals surface area contributed by atoms with Crippen molar-refractivity contribution >= 4 is 17.5 Å². The van der Waals surface area contributed by atoms with Gasteiger partial charge in [-0.25, -0.2) is 0 Å². The fourth-order valence-corrected chi connectivity index (χ4v) is 2.69. The lowest BCUT2D eigenvalue weighted by Crippen LogP contribution is -2.24. The van der Waals surface area contributed by atoms with Crippen LogP contribution in [0.3, 0.4) is 0 Å². The predicted octanol–water partition coefficient (Wildman–Crippen LogP) is 3.28. The summed E-state index contributed by atoms with van der Waals surface area (Å²) in [6.45, 7) is 0.297. The average molecular weight is 391 g/mol. The van der Waals surface area contributed by atoms with Gasteiger partial charge in [0.15, 0.2) is 0 Å². The van der Waals surface area contributed by atoms with Crippen molar-refractivity contribution in [2.45, 2.75) is 6.54 Å². The molecular formula is C22H21N3O4. The topological polar surface area (TPSA) is 89.5 Å². The molecule has 2 aromatic carbocycles. The van der Waals surface area contributed by atoms with E-state index in [-0.39, 0.29) is 17.4 Å². The van der Waals surface area contributed by atoms with Gasteiger partial charge in [-0.05, 0) is 36.4 Å². The van der Waals surface area contributed by atoms with E-state index in [4.69, 9.17) is 9.47 Å². The van der Waals surface area contributed by atoms with Gasteiger partial charge in [0.2, 0.25) is 0 Å². The molecule has 1 heterocycles. The molecular weight excluding hydrogens is 370 g/mol. The first kappa shape index (κ1) is 19.9. The molecule has 0 saturated heterocycles. The monoisotopic (exact) mass is 391 g/mol. The zero-order valence-electron chi connectivity index (χ0n) is 16.1. The number of carbonyl (C=O) groups is 2. The first-order valence-corrected chi connectivity index (χ1v) is 8.91. The highest BCUT2D eigenvalue weighted by molar-refractivity contribution is 6.05. The second kappa shape index (κ2) is 9.36. The quantitative estimate of drug-likeness (QED) is 0.645. The third-order valence-corrected chi connectivity index (χ3v) is 4.24. The number of rotatable bonds is 7. The zero-order chi connectivity index (χ0) is 20.6. The van der Waals surface area contributed by atoms with E-state index in [0.29, 0.717) is 29.3 Å². The van der Waals surface area contributed by atoms with Crippen molar-refractivity contribution in [3.8, 4) is 11.5 Å². The molecule has 0 bridgehead atoms. The van der Waals surface area contributed by atoms with Crippen LogP contribution in [0.25, 0.3) is 0 Å². The van der Waals surface area contributed by atoms with Crippen LogP contribution in [0, 0.1) is 0 Å². The SMILES string of the molecule is COc1ccc(NC(=O)c2cncc(C(=O)NCc3ccccc3OC)c2)cc1. The highest BCUT2D eigenvalue weighted by atomic mass is 16.5. The van der Waals surface area contributed by atoms with E-state index in [1.807, 2.05) is 24.3 Å². The Morgan fingerprint density at radius 2 is 1.59 bits per heavy atom. The second-order valence-electron chi connectivity index (χ2n) is 6.14. The molecule has 3 aromatic rings. The van der Waals surface area contributed by atoms with Crippen LogP contribution in [0.4, 0.5) is 5.69 Å². The number of nitrogens with one attached hydrogen (secondary N) is 2. The van der Waals surface area contributed by atoms with E-state index in [1.165, 1.54) is 18.5 Å². The summed E-state index contributed by atoms with van der Waals surface area (Å²) in [5.41, 5.74) is 2.04. The Morgan fingerprint density at radius 3 is 2.28 bits per heavy atom. The molecule has 0 saturated carbocycles. The van der Waals surface area contributed by atoms with Crippen LogP contribution in [-0.4, -0.2) is 31.0 Å². The van der Waals surface area contributed by atoms with E-state index in [9.17, 15) is 9.59 Å². The number of hydrogen-bond acceptors (Lipinski definition) is 5. The molecule has 0 atom stereocenters. The Bertz CT molecular complexity index is 1000. The number of anilines is 1. The lowest BCUT2D eigenvalue weighted by Gasteiger charge is -2.10. The van der Waals surface area contributed by atoms with Crippen molar-refractivity contribution in [3.63, 3.8) is 0 Å². The molecule has 0 fully saturated rings. The molecule has 1 aromatic heterocycles. The minimum atomic E-state index is -0.359. The Balaban J connectivity index is 1.66. The predicted molar refractivity (Wildman–Crippen MR) is 109 cm³/mol. The summed E-state index contributed by atoms with van der Waals surface area (Å²) in [5, 5.41) is 5.58. The van der Waals surface area contributed by atoms with Crippen molar-refractivity contribution in [1.82, 2.24) is 10.3 Å². The molecule has 7 heteroatoms. The summed E-state index contributed by atoms with van der Waals surface area (Å²) in [4.78, 5) is 29.0. The summed E-state index contributed by atoms with van der Waals surface area (Å²) >= 11 is 0. The third-order valence-electron chi connectivity index (χ3n) is 4.24. The van der Waals surface area contributed by atoms with Crippen LogP contribution in [0.2, 0.25) is 0 Å². The fraction of sp³-hybridized carbons (Fsp3) is 0.136. The van der Waals surface area contributed by atoms with Crippen molar-refractivity contribution in [3.05, 3.63) is 83.7 Å². The van der Waals surface area contributed by atoms with E-state index >= 15 is 0 Å². The molecule has 0 radical (unpaired) electrons. The molecule has 2 N–H and O–H groups in total. The van der Waals surface area contributed by atoms with Gasteiger partial charge in [-0.3, -0.25) is 14.6 Å². The number of methoxy groups -OCH3 is 2. The maximum Gasteiger partial charge on any atom is 0.257 e. The maximum absolute atomic E-state index is 12.5. The summed E-state index contributed by atoms with van der Waals surface area (Å²) in [6, 6.07) is 15.9. The molecule has 0 spiro atoms. The molecule has 29 heavy (non-hydrogen) atoms. The van der Waals surface area contributed by atoms with Gasteiger partial charge in [-0.15, -0.1) is 0 Å². The van der Waals surface area contributed by atoms with Gasteiger partial charge in [0.25, 0.3) is 11.8 Å². The highest BCUT2D eigenvalue weighted by Crippen LogP contribution is 2.18. The molecule has 0 unspecified atom stereocenters. The number of nitrogens with zero attached hydrogens (tertiary/aromatic N) is 1. The van der Waals surface area contributed by atoms with Gasteiger partial charge >= 0.3 is 0 Å². The van der Waals surface area contributed by atoms with E-state index < -0.39 is 0 Å². The number of ether oxygens (including phenoxy) is 2. The molecule has 0 aliphatic carbocycles. The normalized spacial score (nSPS) is 10.1. The number of para-hydroxylation sites is 1. The number of hydrogen-bond donors (Lipinski definition) is 2. The summed E-state index contributed by atoms with van der Waals surface area (Å²) in [6.07, 6.45) is 2.83. The molecule has 2 amide bonds. The molecule has 148 valence electrons. The second-order valence-corrected chi connectivity index (χ2v) is 6.14. The van der Waals surface area contributed by atoms with E-state index in [1.54, 1.807) is 38.5 Å². The third kappa shape index (κ3) is 5.10. The number of aromatic nitrogens is 1. The number of benzene rings is 2. The van der Waals surface area contributed by atoms with E-state index in [0.717, 1.165) is 5.56 Å². The number of pyridine rings is 1. The minimum absolute atomic E-state index is 0.283. The van der Waals surface area contributed by atoms with Gasteiger partial charge in [0, 0.05) is 30.2 Å². The van der Waals surface area contributed by atoms with Crippen LogP contribution in [0.1, 0.15) is 26.3 Å². The van der Waals surface area contributed by atoms with Gasteiger partial charge < -0.3 is 20.1 Å². The summed E-state index contributed by atoms with van der Waals surface area (Å²) in [5.74, 6) is 0.696. The zero-order valence-corrected chi connectivity index (χ0v) is 16.1. The number of amides is 2. The van der Waals surface area contributed by atoms with Crippen LogP contribution >= 0.6 is 0 Å². The highest BCUT2D eigenvalue weighted by Gasteiger charge is 2.12. The van der Waals surface area contributed by atoms with Gasteiger partial charge in [-0.1, -0.05) is 18.2 Å². The van der Waals surface area contributed by atoms with Crippen molar-refractivity contribution in [2.24, 2.45) is 0 Å². The minimum Gasteiger partial charge on any atom is -0.497 e. The summed E-state index contributed by atoms with van der Waals surface area (Å²) < 4.78 is 10.4. The van der Waals surface area contributed by atoms with Crippen LogP contribution in [-0.2, 0) is 6.54 Å². The van der Waals surface area contributed by atoms with Crippen LogP contribution < -0.4 is 20.1 Å². The van der Waals surface area contributed by atoms with Crippen molar-refractivity contribution in [1.29, 1.82) is 0 Å². The Hall–Kier alpha value is -3.87. The molecule has 0 aliphatic rings. The maximum atomic E-state index is 12.5. The smallest absolute Gasteiger partial charge is 0.257 e. The average Bonchev–Trinajstić information content (AvgIpc) is 2.78. The molecule has 3 rings (SSSR count). The van der Waals surface area contributed by atoms with Crippen LogP contribution in [0.15, 0.2) is 67.0 Å². The standard InChI is InChI=1S/C22H21N3O4/c1-28-19-9-7-18(8-10-19)25-22(27)17-11-16(12-23-13-17)21(26)24-14-15-5-3-4-6-20(15)29-2/h3-13H,14H2,1-2H3,(H,24,26)(H,25,27). The first-order valence-electron chi connectivity index (χ1n) is 8.91. The lowest BCUT2D eigenvalue weighted by molar-refractivity contribution is 0.0950. The Kier molecular flexibility index (Phi) is 6.42. The Morgan fingerprint density at radius 1 is 0.897 bits per heavy atom. The van der Waals surface area contributed by atoms with Crippen molar-refractivity contribution in [2.75, 3.05) is 19.5 Å². The first-order chi connectivity index (χ1) is 14.1. The van der Waals surface area contributed by atoms with Gasteiger partial charge in [-0.2, -0.15) is 0 Å². The van der Waals surface area contributed by atoms with Gasteiger partial charge in [0.05, 0.1) is 25.3 Å². The summed E-state index contributed by atoms with van der Waals surface area (Å²) in [7, 11) is 3.15. The van der Waals surface area contributed by atoms with Crippen LogP contribution in [0.5, 0.6) is 11.5 Å². The molecule has 7 nitrogen and oxygen atoms in total. The van der Waals surface area contributed by atoms with Gasteiger partial charge in [0.1, 0.15) is 11.5 Å². The number of carbonyl (C=O) groups excluding carboxylic acids is 2.